The average molecular weight is 548 g/mol. The van der Waals surface area contributed by atoms with E-state index in [1.165, 1.54) is 11.0 Å². The van der Waals surface area contributed by atoms with E-state index in [2.05, 4.69) is 49.7 Å². The molecule has 0 saturated heterocycles. The highest BCUT2D eigenvalue weighted by atomic mass is 16.2. The zero-order valence-corrected chi connectivity index (χ0v) is 24.1. The normalized spacial score (nSPS) is 10.9. The van der Waals surface area contributed by atoms with Crippen LogP contribution < -0.4 is 21.7 Å². The molecular formula is C29H41N9O2. The van der Waals surface area contributed by atoms with Crippen LogP contribution in [0.5, 0.6) is 0 Å². The maximum absolute atomic E-state index is 12.1. The van der Waals surface area contributed by atoms with Gasteiger partial charge in [0, 0.05) is 69.4 Å². The lowest BCUT2D eigenvalue weighted by Gasteiger charge is -2.14. The Labute approximate surface area is 237 Å². The van der Waals surface area contributed by atoms with Gasteiger partial charge in [0.2, 0.25) is 17.8 Å². The Balaban J connectivity index is 1.89. The fourth-order valence-electron chi connectivity index (χ4n) is 3.35. The van der Waals surface area contributed by atoms with E-state index in [1.807, 2.05) is 37.2 Å². The minimum atomic E-state index is -0.206. The van der Waals surface area contributed by atoms with Crippen molar-refractivity contribution in [3.63, 3.8) is 0 Å². The zero-order chi connectivity index (χ0) is 29.3. The first-order valence-corrected chi connectivity index (χ1v) is 13.2. The number of hydrogen-bond donors (Lipinski definition) is 4. The number of nitrogens with one attached hydrogen (secondary N) is 3. The van der Waals surface area contributed by atoms with E-state index in [-0.39, 0.29) is 18.4 Å². The Hall–Kier alpha value is -4.43. The molecule has 2 amide bonds. The lowest BCUT2D eigenvalue weighted by atomic mass is 10.2. The predicted octanol–water partition coefficient (Wildman–Crippen LogP) is 2.50. The van der Waals surface area contributed by atoms with Crippen LogP contribution in [0.1, 0.15) is 37.3 Å². The second-order valence-corrected chi connectivity index (χ2v) is 9.35. The van der Waals surface area contributed by atoms with Crippen molar-refractivity contribution < 1.29 is 9.59 Å². The highest BCUT2D eigenvalue weighted by Gasteiger charge is 2.10. The van der Waals surface area contributed by atoms with Crippen molar-refractivity contribution in [3.8, 4) is 11.8 Å². The van der Waals surface area contributed by atoms with Gasteiger partial charge < -0.3 is 31.5 Å². The summed E-state index contributed by atoms with van der Waals surface area (Å²) in [7, 11) is 7.14. The van der Waals surface area contributed by atoms with Crippen molar-refractivity contribution in [2.24, 2.45) is 4.99 Å². The summed E-state index contributed by atoms with van der Waals surface area (Å²) in [6, 6.07) is 5.58. The highest BCUT2D eigenvalue weighted by molar-refractivity contribution is 5.91. The SMILES string of the molecule is CCCNc1nc(Nc2ccc(C=NC)c(N)c2)ncc1C#CCCCNC(=O)CN(C)C(=O)/C=C/CN(C)C. The summed E-state index contributed by atoms with van der Waals surface area (Å²) in [5, 5.41) is 9.32. The summed E-state index contributed by atoms with van der Waals surface area (Å²) in [5.41, 5.74) is 9.01. The minimum absolute atomic E-state index is 0.00469. The van der Waals surface area contributed by atoms with E-state index in [9.17, 15) is 9.59 Å². The molecule has 0 atom stereocenters. The molecule has 1 aromatic heterocycles. The number of amides is 2. The lowest BCUT2D eigenvalue weighted by Crippen LogP contribution is -2.38. The van der Waals surface area contributed by atoms with Gasteiger partial charge in [-0.1, -0.05) is 24.8 Å². The zero-order valence-electron chi connectivity index (χ0n) is 24.1. The molecular weight excluding hydrogens is 506 g/mol. The number of unbranched alkanes of at least 4 members (excludes halogenated alkanes) is 1. The van der Waals surface area contributed by atoms with Gasteiger partial charge in [-0.2, -0.15) is 4.98 Å². The highest BCUT2D eigenvalue weighted by Crippen LogP contribution is 2.21. The summed E-state index contributed by atoms with van der Waals surface area (Å²) in [4.78, 5) is 40.6. The molecule has 0 spiro atoms. The number of aliphatic imine (C=N–C) groups is 1. The molecule has 0 bridgehead atoms. The maximum Gasteiger partial charge on any atom is 0.246 e. The molecule has 11 heteroatoms. The van der Waals surface area contributed by atoms with Crippen LogP contribution in [0.15, 0.2) is 41.5 Å². The Bertz CT molecular complexity index is 1250. The van der Waals surface area contributed by atoms with Crippen molar-refractivity contribution >= 4 is 41.2 Å². The van der Waals surface area contributed by atoms with E-state index in [0.29, 0.717) is 48.9 Å². The maximum atomic E-state index is 12.1. The van der Waals surface area contributed by atoms with Crippen LogP contribution in [0.3, 0.4) is 0 Å². The number of hydrogen-bond acceptors (Lipinski definition) is 9. The molecule has 40 heavy (non-hydrogen) atoms. The smallest absolute Gasteiger partial charge is 0.246 e. The molecule has 5 N–H and O–H groups in total. The number of nitrogen functional groups attached to an aromatic ring is 1. The predicted molar refractivity (Wildman–Crippen MR) is 163 cm³/mol. The van der Waals surface area contributed by atoms with Gasteiger partial charge in [-0.25, -0.2) is 4.98 Å². The summed E-state index contributed by atoms with van der Waals surface area (Å²) in [5.74, 6) is 6.93. The van der Waals surface area contributed by atoms with Crippen molar-refractivity contribution in [2.75, 3.05) is 70.7 Å². The van der Waals surface area contributed by atoms with Crippen LogP contribution in [0, 0.1) is 11.8 Å². The lowest BCUT2D eigenvalue weighted by molar-refractivity contribution is -0.131. The molecule has 0 fully saturated rings. The molecule has 0 radical (unpaired) electrons. The molecule has 0 aliphatic rings. The van der Waals surface area contributed by atoms with E-state index in [1.54, 1.807) is 32.6 Å². The van der Waals surface area contributed by atoms with Crippen LogP contribution in [-0.2, 0) is 9.59 Å². The second kappa shape index (κ2) is 17.2. The number of likely N-dealkylation sites (N-methyl/N-ethyl adjacent to an activating group) is 2. The summed E-state index contributed by atoms with van der Waals surface area (Å²) in [6.45, 7) is 3.96. The van der Waals surface area contributed by atoms with Gasteiger partial charge in [-0.05, 0) is 45.1 Å². The number of rotatable bonds is 14. The molecule has 1 heterocycles. The number of carbonyl (C=O) groups is 2. The second-order valence-electron chi connectivity index (χ2n) is 9.35. The van der Waals surface area contributed by atoms with Gasteiger partial charge in [-0.3, -0.25) is 14.6 Å². The fourth-order valence-corrected chi connectivity index (χ4v) is 3.35. The van der Waals surface area contributed by atoms with Gasteiger partial charge >= 0.3 is 0 Å². The van der Waals surface area contributed by atoms with E-state index in [4.69, 9.17) is 5.73 Å². The van der Waals surface area contributed by atoms with E-state index < -0.39 is 0 Å². The average Bonchev–Trinajstić information content (AvgIpc) is 2.91. The Morgan fingerprint density at radius 1 is 1.20 bits per heavy atom. The molecule has 2 aromatic rings. The largest absolute Gasteiger partial charge is 0.398 e. The molecule has 1 aromatic carbocycles. The van der Waals surface area contributed by atoms with Gasteiger partial charge in [0.25, 0.3) is 0 Å². The van der Waals surface area contributed by atoms with Crippen LogP contribution in [0.25, 0.3) is 0 Å². The van der Waals surface area contributed by atoms with Crippen LogP contribution >= 0.6 is 0 Å². The quantitative estimate of drug-likeness (QED) is 0.0930. The molecule has 214 valence electrons. The molecule has 0 unspecified atom stereocenters. The van der Waals surface area contributed by atoms with Crippen LogP contribution in [-0.4, -0.2) is 92.2 Å². The van der Waals surface area contributed by atoms with Gasteiger partial charge in [-0.15, -0.1) is 0 Å². The fraction of sp³-hybridized carbons (Fsp3) is 0.414. The van der Waals surface area contributed by atoms with Crippen molar-refractivity contribution in [1.82, 2.24) is 25.1 Å². The standard InChI is InChI=1S/C29H41N9O2/c1-6-15-33-28-23(20-34-29(36-28)35-24-14-13-22(19-31-2)25(30)18-24)11-8-7-9-16-32-26(39)21-38(5)27(40)12-10-17-37(3)4/h10,12-14,18-20H,6-7,9,15-17,21,30H2,1-5H3,(H,32,39)(H2,33,34,35,36)/b12-10+,31-19?. The number of carbonyl (C=O) groups excluding carboxylic acids is 2. The summed E-state index contributed by atoms with van der Waals surface area (Å²) in [6.07, 6.45) is 8.84. The Morgan fingerprint density at radius 2 is 2.00 bits per heavy atom. The van der Waals surface area contributed by atoms with Gasteiger partial charge in [0.1, 0.15) is 5.82 Å². The van der Waals surface area contributed by atoms with Gasteiger partial charge in [0.05, 0.1) is 18.3 Å². The Morgan fingerprint density at radius 3 is 2.70 bits per heavy atom. The third kappa shape index (κ3) is 11.5. The first-order valence-electron chi connectivity index (χ1n) is 13.2. The third-order valence-corrected chi connectivity index (χ3v) is 5.45. The monoisotopic (exact) mass is 547 g/mol. The summed E-state index contributed by atoms with van der Waals surface area (Å²) < 4.78 is 0. The van der Waals surface area contributed by atoms with E-state index >= 15 is 0 Å². The first kappa shape index (κ1) is 31.8. The third-order valence-electron chi connectivity index (χ3n) is 5.45. The molecule has 11 nitrogen and oxygen atoms in total. The number of anilines is 4. The number of nitrogens with zero attached hydrogens (tertiary/aromatic N) is 5. The van der Waals surface area contributed by atoms with E-state index in [0.717, 1.165) is 24.2 Å². The molecule has 0 aliphatic carbocycles. The molecule has 0 saturated carbocycles. The number of benzene rings is 1. The number of aromatic nitrogens is 2. The van der Waals surface area contributed by atoms with Crippen molar-refractivity contribution in [3.05, 3.63) is 47.7 Å². The first-order chi connectivity index (χ1) is 19.2. The molecule has 2 rings (SSSR count). The number of nitrogens with two attached hydrogens (primary N) is 1. The van der Waals surface area contributed by atoms with Crippen LogP contribution in [0.2, 0.25) is 0 Å². The molecule has 0 aliphatic heterocycles. The minimum Gasteiger partial charge on any atom is -0.398 e. The summed E-state index contributed by atoms with van der Waals surface area (Å²) >= 11 is 0. The Kier molecular flexibility index (Phi) is 13.7. The van der Waals surface area contributed by atoms with Gasteiger partial charge in [0.15, 0.2) is 0 Å². The van der Waals surface area contributed by atoms with Crippen molar-refractivity contribution in [2.45, 2.75) is 26.2 Å². The van der Waals surface area contributed by atoms with Crippen molar-refractivity contribution in [1.29, 1.82) is 0 Å². The topological polar surface area (TPSA) is 141 Å². The van der Waals surface area contributed by atoms with Crippen LogP contribution in [0.4, 0.5) is 23.1 Å².